The van der Waals surface area contributed by atoms with E-state index in [0.29, 0.717) is 53.5 Å². The van der Waals surface area contributed by atoms with E-state index in [-0.39, 0.29) is 5.56 Å². The van der Waals surface area contributed by atoms with Gasteiger partial charge in [0.15, 0.2) is 11.2 Å². The number of imidazole rings is 1. The molecule has 1 aromatic carbocycles. The molecule has 0 bridgehead atoms. The normalized spacial score (nSPS) is 11.2. The van der Waals surface area contributed by atoms with Gasteiger partial charge in [0.05, 0.1) is 23.0 Å². The van der Waals surface area contributed by atoms with Gasteiger partial charge in [0, 0.05) is 19.7 Å². The molecule has 0 radical (unpaired) electrons. The molecule has 0 amide bonds. The van der Waals surface area contributed by atoms with Crippen LogP contribution in [-0.2, 0) is 17.8 Å². The van der Waals surface area contributed by atoms with Crippen molar-refractivity contribution in [1.82, 2.24) is 19.5 Å². The van der Waals surface area contributed by atoms with E-state index < -0.39 is 0 Å². The fourth-order valence-electron chi connectivity index (χ4n) is 2.34. The fourth-order valence-corrected chi connectivity index (χ4v) is 2.66. The smallest absolute Gasteiger partial charge is 0.280 e. The van der Waals surface area contributed by atoms with E-state index in [1.54, 1.807) is 23.0 Å². The highest BCUT2D eigenvalue weighted by Crippen LogP contribution is 2.22. The van der Waals surface area contributed by atoms with Crippen molar-refractivity contribution in [3.8, 4) is 0 Å². The number of halogens is 2. The molecule has 132 valence electrons. The molecular formula is C16H17Cl2N5O2. The van der Waals surface area contributed by atoms with E-state index >= 15 is 0 Å². The van der Waals surface area contributed by atoms with Crippen molar-refractivity contribution in [2.24, 2.45) is 0 Å². The maximum absolute atomic E-state index is 12.2. The van der Waals surface area contributed by atoms with Crippen LogP contribution in [0, 0.1) is 0 Å². The number of benzene rings is 1. The third kappa shape index (κ3) is 4.12. The fraction of sp³-hybridized carbons (Fsp3) is 0.312. The number of rotatable bonds is 7. The van der Waals surface area contributed by atoms with Crippen LogP contribution in [0.5, 0.6) is 0 Å². The van der Waals surface area contributed by atoms with Gasteiger partial charge in [0.2, 0.25) is 5.95 Å². The van der Waals surface area contributed by atoms with Gasteiger partial charge in [-0.1, -0.05) is 29.3 Å². The van der Waals surface area contributed by atoms with Crippen LogP contribution in [0.15, 0.2) is 29.3 Å². The molecule has 3 rings (SSSR count). The first-order chi connectivity index (χ1) is 12.1. The number of ether oxygens (including phenoxy) is 1. The number of H-pyrrole nitrogens is 1. The third-order valence-electron chi connectivity index (χ3n) is 3.60. The molecule has 3 aromatic rings. The minimum absolute atomic E-state index is 0.295. The number of hydrogen-bond donors (Lipinski definition) is 2. The van der Waals surface area contributed by atoms with E-state index in [4.69, 9.17) is 27.9 Å². The standard InChI is InChI=1S/C16H17Cl2N5O2/c1-2-25-6-5-23-9-20-13-14(23)21-16(22-15(13)24)19-8-10-3-4-11(17)12(18)7-10/h3-4,7,9H,2,5-6,8H2,1H3,(H2,19,21,22,24). The Bertz CT molecular complexity index is 938. The third-order valence-corrected chi connectivity index (χ3v) is 4.34. The number of fused-ring (bicyclic) bond motifs is 1. The quantitative estimate of drug-likeness (QED) is 0.614. The summed E-state index contributed by atoms with van der Waals surface area (Å²) in [5, 5.41) is 4.06. The first-order valence-electron chi connectivity index (χ1n) is 7.79. The average molecular weight is 382 g/mol. The summed E-state index contributed by atoms with van der Waals surface area (Å²) < 4.78 is 7.14. The maximum Gasteiger partial charge on any atom is 0.280 e. The van der Waals surface area contributed by atoms with E-state index in [1.807, 2.05) is 13.0 Å². The van der Waals surface area contributed by atoms with Gasteiger partial charge in [0.1, 0.15) is 0 Å². The molecule has 0 unspecified atom stereocenters. The molecule has 0 saturated heterocycles. The topological polar surface area (TPSA) is 84.8 Å². The Morgan fingerprint density at radius 1 is 1.32 bits per heavy atom. The lowest BCUT2D eigenvalue weighted by molar-refractivity contribution is 0.139. The Balaban J connectivity index is 1.80. The maximum atomic E-state index is 12.2. The molecule has 0 aliphatic carbocycles. The highest BCUT2D eigenvalue weighted by Gasteiger charge is 2.10. The molecular weight excluding hydrogens is 365 g/mol. The predicted molar refractivity (Wildman–Crippen MR) is 98.4 cm³/mol. The van der Waals surface area contributed by atoms with Crippen LogP contribution in [-0.4, -0.2) is 32.7 Å². The summed E-state index contributed by atoms with van der Waals surface area (Å²) in [7, 11) is 0. The second kappa shape index (κ2) is 7.86. The average Bonchev–Trinajstić information content (AvgIpc) is 3.00. The van der Waals surface area contributed by atoms with Crippen LogP contribution in [0.25, 0.3) is 11.2 Å². The SMILES string of the molecule is CCOCCn1cnc2c(=O)[nH]c(NCc3ccc(Cl)c(Cl)c3)nc21. The monoisotopic (exact) mass is 381 g/mol. The van der Waals surface area contributed by atoms with E-state index in [2.05, 4.69) is 20.3 Å². The van der Waals surface area contributed by atoms with Gasteiger partial charge in [-0.2, -0.15) is 4.98 Å². The second-order valence-corrected chi connectivity index (χ2v) is 6.14. The summed E-state index contributed by atoms with van der Waals surface area (Å²) in [6.07, 6.45) is 1.59. The molecule has 2 aromatic heterocycles. The Morgan fingerprint density at radius 2 is 2.16 bits per heavy atom. The molecule has 0 saturated carbocycles. The van der Waals surface area contributed by atoms with E-state index in [0.717, 1.165) is 5.56 Å². The molecule has 0 spiro atoms. The van der Waals surface area contributed by atoms with Gasteiger partial charge in [-0.15, -0.1) is 0 Å². The van der Waals surface area contributed by atoms with Crippen LogP contribution >= 0.6 is 23.2 Å². The highest BCUT2D eigenvalue weighted by molar-refractivity contribution is 6.42. The summed E-state index contributed by atoms with van der Waals surface area (Å²) in [5.74, 6) is 0.363. The molecule has 7 nitrogen and oxygen atoms in total. The Hall–Kier alpha value is -2.09. The molecule has 0 aliphatic heterocycles. The molecule has 9 heteroatoms. The molecule has 2 heterocycles. The number of aromatic nitrogens is 4. The zero-order valence-electron chi connectivity index (χ0n) is 13.6. The summed E-state index contributed by atoms with van der Waals surface area (Å²) in [4.78, 5) is 23.4. The van der Waals surface area contributed by atoms with Crippen molar-refractivity contribution < 1.29 is 4.74 Å². The summed E-state index contributed by atoms with van der Waals surface area (Å²) in [6.45, 7) is 4.12. The van der Waals surface area contributed by atoms with Gasteiger partial charge < -0.3 is 14.6 Å². The highest BCUT2D eigenvalue weighted by atomic mass is 35.5. The lowest BCUT2D eigenvalue weighted by atomic mass is 10.2. The van der Waals surface area contributed by atoms with Gasteiger partial charge in [-0.3, -0.25) is 9.78 Å². The molecule has 0 fully saturated rings. The Kier molecular flexibility index (Phi) is 5.57. The Labute approximate surface area is 154 Å². The second-order valence-electron chi connectivity index (χ2n) is 5.32. The lowest BCUT2D eigenvalue weighted by Crippen LogP contribution is -2.14. The number of nitrogens with zero attached hydrogens (tertiary/aromatic N) is 3. The van der Waals surface area contributed by atoms with Crippen molar-refractivity contribution >= 4 is 40.3 Å². The van der Waals surface area contributed by atoms with Gasteiger partial charge in [0.25, 0.3) is 5.56 Å². The Morgan fingerprint density at radius 3 is 2.92 bits per heavy atom. The van der Waals surface area contributed by atoms with Crippen molar-refractivity contribution in [2.45, 2.75) is 20.0 Å². The van der Waals surface area contributed by atoms with Crippen LogP contribution in [0.3, 0.4) is 0 Å². The zero-order valence-corrected chi connectivity index (χ0v) is 15.1. The number of nitrogens with one attached hydrogen (secondary N) is 2. The zero-order chi connectivity index (χ0) is 17.8. The number of hydrogen-bond acceptors (Lipinski definition) is 5. The molecule has 0 atom stereocenters. The van der Waals surface area contributed by atoms with Crippen LogP contribution in [0.1, 0.15) is 12.5 Å². The van der Waals surface area contributed by atoms with Crippen molar-refractivity contribution in [1.29, 1.82) is 0 Å². The summed E-state index contributed by atoms with van der Waals surface area (Å²) in [5.41, 5.74) is 1.44. The first-order valence-corrected chi connectivity index (χ1v) is 8.54. The van der Waals surface area contributed by atoms with Crippen LogP contribution < -0.4 is 10.9 Å². The van der Waals surface area contributed by atoms with Crippen molar-refractivity contribution in [3.63, 3.8) is 0 Å². The van der Waals surface area contributed by atoms with E-state index in [1.165, 1.54) is 0 Å². The largest absolute Gasteiger partial charge is 0.380 e. The number of aromatic amines is 1. The molecule has 25 heavy (non-hydrogen) atoms. The van der Waals surface area contributed by atoms with Gasteiger partial charge in [-0.05, 0) is 24.6 Å². The van der Waals surface area contributed by atoms with Crippen molar-refractivity contribution in [3.05, 3.63) is 50.5 Å². The van der Waals surface area contributed by atoms with Crippen LogP contribution in [0.4, 0.5) is 5.95 Å². The van der Waals surface area contributed by atoms with E-state index in [9.17, 15) is 4.79 Å². The summed E-state index contributed by atoms with van der Waals surface area (Å²) in [6, 6.07) is 5.34. The minimum Gasteiger partial charge on any atom is -0.380 e. The molecule has 0 aliphatic rings. The molecule has 2 N–H and O–H groups in total. The summed E-state index contributed by atoms with van der Waals surface area (Å²) >= 11 is 11.9. The lowest BCUT2D eigenvalue weighted by Gasteiger charge is -2.08. The first kappa shape index (κ1) is 17.7. The number of anilines is 1. The van der Waals surface area contributed by atoms with Gasteiger partial charge >= 0.3 is 0 Å². The van der Waals surface area contributed by atoms with Crippen LogP contribution in [0.2, 0.25) is 10.0 Å². The predicted octanol–water partition coefficient (Wildman–Crippen LogP) is 3.08. The van der Waals surface area contributed by atoms with Gasteiger partial charge in [-0.25, -0.2) is 4.98 Å². The van der Waals surface area contributed by atoms with Crippen molar-refractivity contribution in [2.75, 3.05) is 18.5 Å². The minimum atomic E-state index is -0.295.